The fourth-order valence-electron chi connectivity index (χ4n) is 1.91. The second-order valence-corrected chi connectivity index (χ2v) is 5.89. The van der Waals surface area contributed by atoms with E-state index >= 15 is 0 Å². The topological polar surface area (TPSA) is 37.8 Å². The maximum absolute atomic E-state index is 4.42. The van der Waals surface area contributed by atoms with Crippen molar-refractivity contribution in [1.82, 2.24) is 15.3 Å². The van der Waals surface area contributed by atoms with Crippen molar-refractivity contribution in [1.29, 1.82) is 0 Å². The number of rotatable bonds is 6. The van der Waals surface area contributed by atoms with E-state index in [0.29, 0.717) is 0 Å². The zero-order valence-electron chi connectivity index (χ0n) is 12.3. The highest BCUT2D eigenvalue weighted by molar-refractivity contribution is 7.99. The van der Waals surface area contributed by atoms with Gasteiger partial charge in [0.15, 0.2) is 5.16 Å². The van der Waals surface area contributed by atoms with Gasteiger partial charge in [0.05, 0.1) is 0 Å². The number of nitrogens with zero attached hydrogens (tertiary/aromatic N) is 2. The van der Waals surface area contributed by atoms with Crippen LogP contribution in [0.3, 0.4) is 0 Å². The van der Waals surface area contributed by atoms with Crippen LogP contribution in [-0.2, 0) is 6.54 Å². The van der Waals surface area contributed by atoms with Crippen molar-refractivity contribution in [3.63, 3.8) is 0 Å². The highest BCUT2D eigenvalue weighted by Crippen LogP contribution is 2.26. The van der Waals surface area contributed by atoms with Gasteiger partial charge in [-0.25, -0.2) is 9.97 Å². The first kappa shape index (κ1) is 15.0. The monoisotopic (exact) mass is 287 g/mol. The molecule has 20 heavy (non-hydrogen) atoms. The van der Waals surface area contributed by atoms with Gasteiger partial charge < -0.3 is 5.32 Å². The van der Waals surface area contributed by atoms with Crippen LogP contribution in [0.4, 0.5) is 0 Å². The Balaban J connectivity index is 2.05. The quantitative estimate of drug-likeness (QED) is 0.648. The zero-order valence-corrected chi connectivity index (χ0v) is 13.1. The Labute approximate surface area is 125 Å². The van der Waals surface area contributed by atoms with E-state index in [1.54, 1.807) is 18.0 Å². The molecule has 1 heterocycles. The fourth-order valence-corrected chi connectivity index (χ4v) is 2.80. The fraction of sp³-hybridized carbons (Fsp3) is 0.375. The van der Waals surface area contributed by atoms with Gasteiger partial charge in [-0.1, -0.05) is 13.0 Å². The van der Waals surface area contributed by atoms with Gasteiger partial charge in [0.1, 0.15) is 0 Å². The first-order chi connectivity index (χ1) is 9.69. The van der Waals surface area contributed by atoms with Gasteiger partial charge in [-0.05, 0) is 67.9 Å². The molecule has 0 spiro atoms. The van der Waals surface area contributed by atoms with Gasteiger partial charge in [-0.2, -0.15) is 0 Å². The number of aromatic nitrogens is 2. The van der Waals surface area contributed by atoms with E-state index in [2.05, 4.69) is 47.3 Å². The molecule has 0 aliphatic heterocycles. The molecule has 0 amide bonds. The molecular formula is C16H21N3S. The van der Waals surface area contributed by atoms with E-state index in [0.717, 1.165) is 30.4 Å². The van der Waals surface area contributed by atoms with E-state index in [4.69, 9.17) is 0 Å². The van der Waals surface area contributed by atoms with Gasteiger partial charge >= 0.3 is 0 Å². The van der Waals surface area contributed by atoms with E-state index in [1.807, 2.05) is 13.0 Å². The molecule has 1 aromatic carbocycles. The number of benzene rings is 1. The molecule has 2 rings (SSSR count). The summed E-state index contributed by atoms with van der Waals surface area (Å²) in [4.78, 5) is 9.90. The number of aryl methyl sites for hydroxylation is 2. The molecule has 0 aliphatic carbocycles. The number of hydrogen-bond acceptors (Lipinski definition) is 4. The third-order valence-electron chi connectivity index (χ3n) is 3.04. The maximum Gasteiger partial charge on any atom is 0.192 e. The lowest BCUT2D eigenvalue weighted by Crippen LogP contribution is -2.14. The second kappa shape index (κ2) is 7.41. The number of hydrogen-bond donors (Lipinski definition) is 1. The van der Waals surface area contributed by atoms with Gasteiger partial charge in [0, 0.05) is 23.3 Å². The largest absolute Gasteiger partial charge is 0.313 e. The minimum absolute atomic E-state index is 0.807. The van der Waals surface area contributed by atoms with Crippen molar-refractivity contribution in [2.24, 2.45) is 0 Å². The van der Waals surface area contributed by atoms with Crippen molar-refractivity contribution in [3.05, 3.63) is 47.3 Å². The Morgan fingerprint density at radius 2 is 2.05 bits per heavy atom. The Morgan fingerprint density at radius 3 is 2.75 bits per heavy atom. The molecule has 0 radical (unpaired) electrons. The molecule has 0 atom stereocenters. The zero-order chi connectivity index (χ0) is 14.4. The Bertz CT molecular complexity index is 569. The van der Waals surface area contributed by atoms with E-state index in [9.17, 15) is 0 Å². The normalized spacial score (nSPS) is 10.8. The van der Waals surface area contributed by atoms with Crippen LogP contribution in [0.25, 0.3) is 0 Å². The minimum Gasteiger partial charge on any atom is -0.313 e. The SMILES string of the molecule is CCCNCc1ccc(Sc2nccc(C)n2)cc1C. The smallest absolute Gasteiger partial charge is 0.192 e. The third kappa shape index (κ3) is 4.32. The molecular weight excluding hydrogens is 266 g/mol. The average molecular weight is 287 g/mol. The van der Waals surface area contributed by atoms with E-state index in [-0.39, 0.29) is 0 Å². The third-order valence-corrected chi connectivity index (χ3v) is 3.91. The molecule has 3 nitrogen and oxygen atoms in total. The standard InChI is InChI=1S/C16H21N3S/c1-4-8-17-11-14-5-6-15(10-12(14)2)20-16-18-9-7-13(3)19-16/h5-7,9-10,17H,4,8,11H2,1-3H3. The molecule has 0 fully saturated rings. The van der Waals surface area contributed by atoms with Crippen molar-refractivity contribution in [3.8, 4) is 0 Å². The summed E-state index contributed by atoms with van der Waals surface area (Å²) in [5, 5.41) is 4.24. The summed E-state index contributed by atoms with van der Waals surface area (Å²) in [7, 11) is 0. The van der Waals surface area contributed by atoms with Crippen molar-refractivity contribution in [2.75, 3.05) is 6.54 Å². The highest BCUT2D eigenvalue weighted by Gasteiger charge is 2.04. The lowest BCUT2D eigenvalue weighted by molar-refractivity contribution is 0.673. The van der Waals surface area contributed by atoms with Crippen molar-refractivity contribution >= 4 is 11.8 Å². The van der Waals surface area contributed by atoms with Crippen LogP contribution in [0.1, 0.15) is 30.2 Å². The second-order valence-electron chi connectivity index (χ2n) is 4.85. The molecule has 0 unspecified atom stereocenters. The molecule has 106 valence electrons. The van der Waals surface area contributed by atoms with Crippen LogP contribution in [0.15, 0.2) is 40.5 Å². The Morgan fingerprint density at radius 1 is 1.20 bits per heavy atom. The van der Waals surface area contributed by atoms with Gasteiger partial charge in [0.2, 0.25) is 0 Å². The minimum atomic E-state index is 0.807. The summed E-state index contributed by atoms with van der Waals surface area (Å²) in [6, 6.07) is 8.46. The summed E-state index contributed by atoms with van der Waals surface area (Å²) >= 11 is 1.61. The molecule has 0 saturated heterocycles. The van der Waals surface area contributed by atoms with Crippen molar-refractivity contribution in [2.45, 2.75) is 43.8 Å². The predicted molar refractivity (Wildman–Crippen MR) is 84.1 cm³/mol. The van der Waals surface area contributed by atoms with Crippen LogP contribution in [-0.4, -0.2) is 16.5 Å². The molecule has 4 heteroatoms. The van der Waals surface area contributed by atoms with Crippen LogP contribution >= 0.6 is 11.8 Å². The highest BCUT2D eigenvalue weighted by atomic mass is 32.2. The summed E-state index contributed by atoms with van der Waals surface area (Å²) in [6.07, 6.45) is 2.97. The molecule has 1 aromatic heterocycles. The maximum atomic E-state index is 4.42. The average Bonchev–Trinajstić information content (AvgIpc) is 2.41. The Kier molecular flexibility index (Phi) is 5.56. The predicted octanol–water partition coefficient (Wildman–Crippen LogP) is 3.74. The van der Waals surface area contributed by atoms with Crippen molar-refractivity contribution < 1.29 is 0 Å². The van der Waals surface area contributed by atoms with Gasteiger partial charge in [-0.3, -0.25) is 0 Å². The summed E-state index contributed by atoms with van der Waals surface area (Å²) < 4.78 is 0. The summed E-state index contributed by atoms with van der Waals surface area (Å²) in [5.74, 6) is 0. The van der Waals surface area contributed by atoms with Crippen LogP contribution < -0.4 is 5.32 Å². The molecule has 0 bridgehead atoms. The summed E-state index contributed by atoms with van der Waals surface area (Å²) in [6.45, 7) is 8.32. The lowest BCUT2D eigenvalue weighted by Gasteiger charge is -2.09. The lowest BCUT2D eigenvalue weighted by atomic mass is 10.1. The van der Waals surface area contributed by atoms with Gasteiger partial charge in [-0.15, -0.1) is 0 Å². The van der Waals surface area contributed by atoms with E-state index in [1.165, 1.54) is 16.0 Å². The van der Waals surface area contributed by atoms with Crippen LogP contribution in [0.2, 0.25) is 0 Å². The van der Waals surface area contributed by atoms with Gasteiger partial charge in [0.25, 0.3) is 0 Å². The van der Waals surface area contributed by atoms with Crippen LogP contribution in [0.5, 0.6) is 0 Å². The first-order valence-corrected chi connectivity index (χ1v) is 7.78. The molecule has 1 N–H and O–H groups in total. The Hall–Kier alpha value is -1.39. The molecule has 0 saturated carbocycles. The first-order valence-electron chi connectivity index (χ1n) is 6.97. The number of nitrogens with one attached hydrogen (secondary N) is 1. The molecule has 0 aliphatic rings. The molecule has 2 aromatic rings. The van der Waals surface area contributed by atoms with E-state index < -0.39 is 0 Å². The summed E-state index contributed by atoms with van der Waals surface area (Å²) in [5.41, 5.74) is 3.67. The van der Waals surface area contributed by atoms with Crippen LogP contribution in [0, 0.1) is 13.8 Å².